The molecule has 4 aromatic carbocycles. The Hall–Kier alpha value is -6.20. The molecule has 2 heterocycles. The highest BCUT2D eigenvalue weighted by atomic mass is 16.9. The summed E-state index contributed by atoms with van der Waals surface area (Å²) in [4.78, 5) is 36.0. The zero-order chi connectivity index (χ0) is 37.9. The predicted molar refractivity (Wildman–Crippen MR) is 195 cm³/mol. The lowest BCUT2D eigenvalue weighted by Gasteiger charge is -2.20. The molecule has 6 rings (SSSR count). The van der Waals surface area contributed by atoms with Gasteiger partial charge in [0.2, 0.25) is 6.29 Å². The maximum atomic E-state index is 13.7. The minimum absolute atomic E-state index is 0.150. The molecule has 0 saturated carbocycles. The molecule has 0 fully saturated rings. The fourth-order valence-corrected chi connectivity index (χ4v) is 5.99. The van der Waals surface area contributed by atoms with Crippen molar-refractivity contribution in [3.05, 3.63) is 119 Å². The van der Waals surface area contributed by atoms with E-state index in [0.717, 1.165) is 27.8 Å². The van der Waals surface area contributed by atoms with Crippen molar-refractivity contribution in [2.45, 2.75) is 52.0 Å². The Kier molecular flexibility index (Phi) is 12.5. The largest absolute Gasteiger partial charge is 0.580 e. The van der Waals surface area contributed by atoms with Crippen molar-refractivity contribution in [2.75, 3.05) is 13.2 Å². The number of imidazole rings is 1. The first-order valence-electron chi connectivity index (χ1n) is 17.4. The van der Waals surface area contributed by atoms with Crippen LogP contribution in [0.5, 0.6) is 6.01 Å². The van der Waals surface area contributed by atoms with E-state index in [0.29, 0.717) is 55.3 Å². The molecule has 16 heteroatoms. The molecule has 280 valence electrons. The normalized spacial score (nSPS) is 12.9. The van der Waals surface area contributed by atoms with Gasteiger partial charge in [0.1, 0.15) is 12.7 Å². The lowest BCUT2D eigenvalue weighted by Crippen LogP contribution is -3.12. The molecule has 0 radical (unpaired) electrons. The zero-order valence-corrected chi connectivity index (χ0v) is 29.7. The number of unbranched alkanes of at least 4 members (excludes halogenated alkanes) is 1. The second-order valence-electron chi connectivity index (χ2n) is 12.1. The minimum Gasteiger partial charge on any atom is -0.580 e. The van der Waals surface area contributed by atoms with Crippen LogP contribution in [0.15, 0.2) is 97.1 Å². The number of rotatable bonds is 17. The molecule has 2 unspecified atom stereocenters. The van der Waals surface area contributed by atoms with Crippen molar-refractivity contribution >= 4 is 23.2 Å². The van der Waals surface area contributed by atoms with Gasteiger partial charge in [-0.05, 0) is 71.0 Å². The highest BCUT2D eigenvalue weighted by molar-refractivity contribution is 6.02. The number of nitrogens with zero attached hydrogens (tertiary/aromatic N) is 5. The summed E-state index contributed by atoms with van der Waals surface area (Å²) in [5.41, 5.74) is 5.70. The van der Waals surface area contributed by atoms with Crippen LogP contribution in [0, 0.1) is 5.21 Å². The first-order chi connectivity index (χ1) is 26.3. The molecule has 0 saturated heterocycles. The molecule has 0 bridgehead atoms. The lowest BCUT2D eigenvalue weighted by atomic mass is 9.98. The van der Waals surface area contributed by atoms with E-state index in [1.807, 2.05) is 90.4 Å². The molecular formula is C38H40N8O8. The van der Waals surface area contributed by atoms with Gasteiger partial charge in [0, 0.05) is 12.5 Å². The molecule has 0 aliphatic carbocycles. The number of tetrazole rings is 1. The fraction of sp³-hybridized carbons (Fsp3) is 0.263. The average molecular weight is 737 g/mol. The van der Waals surface area contributed by atoms with Crippen molar-refractivity contribution in [1.82, 2.24) is 30.2 Å². The number of carbonyl (C=O) groups is 2. The van der Waals surface area contributed by atoms with Crippen LogP contribution in [-0.4, -0.2) is 61.8 Å². The number of hydrogen-bond donors (Lipinski definition) is 3. The van der Waals surface area contributed by atoms with Gasteiger partial charge in [-0.1, -0.05) is 84.9 Å². The highest BCUT2D eigenvalue weighted by Gasteiger charge is 2.25. The van der Waals surface area contributed by atoms with E-state index in [4.69, 9.17) is 29.6 Å². The molecule has 2 aromatic heterocycles. The van der Waals surface area contributed by atoms with Gasteiger partial charge >= 0.3 is 12.1 Å². The van der Waals surface area contributed by atoms with Crippen LogP contribution in [0.1, 0.15) is 60.7 Å². The molecule has 3 atom stereocenters. The Morgan fingerprint density at radius 1 is 0.907 bits per heavy atom. The minimum atomic E-state index is -1.29. The van der Waals surface area contributed by atoms with Crippen molar-refractivity contribution in [3.8, 4) is 28.5 Å². The first kappa shape index (κ1) is 37.6. The van der Waals surface area contributed by atoms with E-state index in [9.17, 15) is 14.8 Å². The van der Waals surface area contributed by atoms with Crippen molar-refractivity contribution in [3.63, 3.8) is 0 Å². The summed E-state index contributed by atoms with van der Waals surface area (Å²) in [6.45, 7) is 4.12. The number of hydrogen-bond acceptors (Lipinski definition) is 13. The van der Waals surface area contributed by atoms with Gasteiger partial charge < -0.3 is 24.2 Å². The van der Waals surface area contributed by atoms with Crippen LogP contribution >= 0.6 is 0 Å². The number of quaternary nitrogens is 1. The van der Waals surface area contributed by atoms with E-state index in [-0.39, 0.29) is 12.2 Å². The predicted octanol–water partition coefficient (Wildman–Crippen LogP) is 5.09. The number of fused-ring (bicyclic) bond motifs is 1. The van der Waals surface area contributed by atoms with Gasteiger partial charge in [0.25, 0.3) is 6.01 Å². The Bertz CT molecular complexity index is 2130. The fourth-order valence-electron chi connectivity index (χ4n) is 5.99. The van der Waals surface area contributed by atoms with E-state index in [1.165, 1.54) is 6.92 Å². The Morgan fingerprint density at radius 2 is 1.67 bits per heavy atom. The number of nitrogens with one attached hydrogen (secondary N) is 2. The molecular weight excluding hydrogens is 696 g/mol. The Balaban J connectivity index is 1.16. The van der Waals surface area contributed by atoms with Crippen LogP contribution in [0.2, 0.25) is 0 Å². The third-order valence-corrected chi connectivity index (χ3v) is 8.41. The third-order valence-electron chi connectivity index (χ3n) is 8.41. The summed E-state index contributed by atoms with van der Waals surface area (Å²) in [6, 6.07) is 30.4. The number of nitrogens with two attached hydrogens (primary N) is 1. The van der Waals surface area contributed by atoms with Gasteiger partial charge in [-0.3, -0.25) is 4.57 Å². The quantitative estimate of drug-likeness (QED) is 0.0367. The van der Waals surface area contributed by atoms with E-state index >= 15 is 0 Å². The first-order valence-corrected chi connectivity index (χ1v) is 17.4. The van der Waals surface area contributed by atoms with Gasteiger partial charge in [-0.15, -0.1) is 16.3 Å². The van der Waals surface area contributed by atoms with Crippen LogP contribution < -0.4 is 15.9 Å². The summed E-state index contributed by atoms with van der Waals surface area (Å²) in [5, 5.41) is 24.3. The van der Waals surface area contributed by atoms with Gasteiger partial charge in [0.05, 0.1) is 29.7 Å². The number of aromatic amines is 1. The van der Waals surface area contributed by atoms with Gasteiger partial charge in [-0.2, -0.15) is 9.82 Å². The number of esters is 1. The molecule has 16 nitrogen and oxygen atoms in total. The second-order valence-corrected chi connectivity index (χ2v) is 12.1. The van der Waals surface area contributed by atoms with Crippen molar-refractivity contribution in [1.29, 1.82) is 0 Å². The highest BCUT2D eigenvalue weighted by Crippen LogP contribution is 2.32. The van der Waals surface area contributed by atoms with Crippen molar-refractivity contribution in [2.24, 2.45) is 5.84 Å². The van der Waals surface area contributed by atoms with Gasteiger partial charge in [0.15, 0.2) is 5.82 Å². The summed E-state index contributed by atoms with van der Waals surface area (Å²) < 4.78 is 24.3. The zero-order valence-electron chi connectivity index (χ0n) is 29.7. The molecule has 0 aliphatic rings. The third kappa shape index (κ3) is 9.42. The summed E-state index contributed by atoms with van der Waals surface area (Å²) in [5.74, 6) is 4.86. The molecule has 0 aliphatic heterocycles. The Morgan fingerprint density at radius 3 is 2.39 bits per heavy atom. The van der Waals surface area contributed by atoms with E-state index in [1.54, 1.807) is 18.2 Å². The monoisotopic (exact) mass is 736 g/mol. The number of benzene rings is 4. The standard InChI is InChI=1S/C38H40N8O8/c1-3-50-37-40-32-17-11-16-31(34(32)45(37)24-26-19-21-27(22-20-26)29-14-7-8-15-30(29)35-41-43-44-42-35)36(47)52-25(2)53-38(48)54-33(28-12-5-4-6-13-28)18-9-10-23-51-46(39)49/h4-8,11-17,19-22,25,33,46H,3,9-10,18,23-24,39H2,1-2H3,(H,41,42,43,44). The average Bonchev–Trinajstić information content (AvgIpc) is 3.83. The van der Waals surface area contributed by atoms with Crippen LogP contribution in [0.25, 0.3) is 33.5 Å². The summed E-state index contributed by atoms with van der Waals surface area (Å²) in [7, 11) is 0. The maximum absolute atomic E-state index is 13.7. The van der Waals surface area contributed by atoms with Crippen LogP contribution in [-0.2, 0) is 25.6 Å². The molecule has 54 heavy (non-hydrogen) atoms. The van der Waals surface area contributed by atoms with Crippen LogP contribution in [0.4, 0.5) is 4.79 Å². The smallest absolute Gasteiger partial charge is 0.511 e. The number of para-hydroxylation sites is 1. The van der Waals surface area contributed by atoms with Crippen LogP contribution in [0.3, 0.4) is 0 Å². The number of aromatic nitrogens is 6. The summed E-state index contributed by atoms with van der Waals surface area (Å²) in [6.07, 6.45) is -1.42. The SMILES string of the molecule is CCOc1nc2cccc(C(=O)OC(C)OC(=O)OC(CCCCO[N@@H+](N)[O-])c3ccccc3)c2n1Cc1ccc(-c2ccccc2-c2nnn[nH]2)cc1. The number of H-pyrrole nitrogens is 1. The number of carbonyl (C=O) groups excluding carboxylic acids is 2. The topological polar surface area (TPSA) is 206 Å². The van der Waals surface area contributed by atoms with Gasteiger partial charge in [-0.25, -0.2) is 14.7 Å². The summed E-state index contributed by atoms with van der Waals surface area (Å²) >= 11 is 0. The lowest BCUT2D eigenvalue weighted by molar-refractivity contribution is -1.06. The molecule has 4 N–H and O–H groups in total. The molecule has 0 amide bonds. The maximum Gasteiger partial charge on any atom is 0.511 e. The second kappa shape index (κ2) is 18.0. The Labute approximate surface area is 310 Å². The van der Waals surface area contributed by atoms with E-state index < -0.39 is 29.9 Å². The molecule has 6 aromatic rings. The number of ether oxygens (including phenoxy) is 4. The van der Waals surface area contributed by atoms with Crippen molar-refractivity contribution < 1.29 is 38.7 Å². The molecule has 0 spiro atoms. The van der Waals surface area contributed by atoms with E-state index in [2.05, 4.69) is 25.6 Å².